The third-order valence-corrected chi connectivity index (χ3v) is 4.51. The minimum atomic E-state index is -0.211. The van der Waals surface area contributed by atoms with Crippen molar-refractivity contribution in [3.8, 4) is 0 Å². The van der Waals surface area contributed by atoms with Gasteiger partial charge in [0.25, 0.3) is 0 Å². The van der Waals surface area contributed by atoms with Crippen LogP contribution in [0.5, 0.6) is 0 Å². The van der Waals surface area contributed by atoms with Crippen LogP contribution in [-0.2, 0) is 0 Å². The summed E-state index contributed by atoms with van der Waals surface area (Å²) >= 11 is 0. The molecule has 0 saturated heterocycles. The predicted octanol–water partition coefficient (Wildman–Crippen LogP) is 3.10. The summed E-state index contributed by atoms with van der Waals surface area (Å²) in [6, 6.07) is 9.89. The molecule has 0 aliphatic heterocycles. The standard InChI is InChI=1S/C17H23N5O/c1-12(16-18-11-19-22-16)20-17(23)21-15(14-9-5-6-10-14)13-7-3-2-4-8-13/h2-4,7-8,11-12,14-15H,5-6,9-10H2,1H3,(H,18,19,22)(H2,20,21,23)/t12-,15-/m0/s1. The normalized spacial score (nSPS) is 17.6. The fourth-order valence-electron chi connectivity index (χ4n) is 3.30. The summed E-state index contributed by atoms with van der Waals surface area (Å²) in [5.74, 6) is 1.15. The third-order valence-electron chi connectivity index (χ3n) is 4.51. The molecule has 1 fully saturated rings. The van der Waals surface area contributed by atoms with Crippen molar-refractivity contribution < 1.29 is 4.79 Å². The number of urea groups is 1. The molecule has 0 bridgehead atoms. The van der Waals surface area contributed by atoms with Gasteiger partial charge in [-0.1, -0.05) is 43.2 Å². The first-order valence-corrected chi connectivity index (χ1v) is 8.21. The van der Waals surface area contributed by atoms with Gasteiger partial charge in [0.2, 0.25) is 0 Å². The Bertz CT molecular complexity index is 607. The van der Waals surface area contributed by atoms with Crippen LogP contribution in [0.2, 0.25) is 0 Å². The van der Waals surface area contributed by atoms with Crippen LogP contribution in [-0.4, -0.2) is 21.2 Å². The largest absolute Gasteiger partial charge is 0.331 e. The zero-order chi connectivity index (χ0) is 16.1. The summed E-state index contributed by atoms with van der Waals surface area (Å²) in [4.78, 5) is 16.5. The van der Waals surface area contributed by atoms with Crippen LogP contribution in [0.25, 0.3) is 0 Å². The third kappa shape index (κ3) is 3.88. The smallest absolute Gasteiger partial charge is 0.315 e. The Morgan fingerprint density at radius 1 is 1.22 bits per heavy atom. The number of aromatic nitrogens is 3. The highest BCUT2D eigenvalue weighted by Crippen LogP contribution is 2.35. The Kier molecular flexibility index (Phi) is 4.90. The maximum absolute atomic E-state index is 12.4. The zero-order valence-electron chi connectivity index (χ0n) is 13.3. The van der Waals surface area contributed by atoms with Crippen LogP contribution < -0.4 is 10.6 Å². The molecule has 1 aliphatic rings. The lowest BCUT2D eigenvalue weighted by Crippen LogP contribution is -2.41. The van der Waals surface area contributed by atoms with E-state index in [1.165, 1.54) is 24.7 Å². The van der Waals surface area contributed by atoms with Crippen molar-refractivity contribution >= 4 is 6.03 Å². The van der Waals surface area contributed by atoms with Crippen LogP contribution >= 0.6 is 0 Å². The molecule has 2 aromatic rings. The molecule has 1 aromatic carbocycles. The Hall–Kier alpha value is -2.37. The predicted molar refractivity (Wildman–Crippen MR) is 87.6 cm³/mol. The number of amides is 2. The van der Waals surface area contributed by atoms with Gasteiger partial charge in [0.05, 0.1) is 12.1 Å². The Morgan fingerprint density at radius 2 is 1.96 bits per heavy atom. The SMILES string of the molecule is C[C@H](NC(=O)N[C@@H](c1ccccc1)C1CCCC1)c1ncn[nH]1. The highest BCUT2D eigenvalue weighted by Gasteiger charge is 2.28. The van der Waals surface area contributed by atoms with Gasteiger partial charge in [-0.2, -0.15) is 5.10 Å². The second-order valence-corrected chi connectivity index (χ2v) is 6.14. The van der Waals surface area contributed by atoms with Gasteiger partial charge in [0, 0.05) is 0 Å². The van der Waals surface area contributed by atoms with Gasteiger partial charge in [-0.3, -0.25) is 5.10 Å². The number of nitrogens with one attached hydrogen (secondary N) is 3. The monoisotopic (exact) mass is 313 g/mol. The van der Waals surface area contributed by atoms with Crippen molar-refractivity contribution in [1.29, 1.82) is 0 Å². The van der Waals surface area contributed by atoms with E-state index in [1.54, 1.807) is 0 Å². The molecule has 1 aliphatic carbocycles. The van der Waals surface area contributed by atoms with E-state index < -0.39 is 0 Å². The van der Waals surface area contributed by atoms with E-state index in [1.807, 2.05) is 25.1 Å². The molecule has 3 rings (SSSR count). The van der Waals surface area contributed by atoms with Gasteiger partial charge in [-0.05, 0) is 31.2 Å². The van der Waals surface area contributed by atoms with Gasteiger partial charge < -0.3 is 10.6 Å². The van der Waals surface area contributed by atoms with Gasteiger partial charge in [0.15, 0.2) is 0 Å². The van der Waals surface area contributed by atoms with Crippen LogP contribution in [0.4, 0.5) is 4.79 Å². The van der Waals surface area contributed by atoms with E-state index in [2.05, 4.69) is 37.9 Å². The number of rotatable bonds is 5. The Balaban J connectivity index is 1.67. The van der Waals surface area contributed by atoms with E-state index >= 15 is 0 Å². The number of hydrogen-bond donors (Lipinski definition) is 3. The Labute approximate surface area is 136 Å². The van der Waals surface area contributed by atoms with E-state index in [0.717, 1.165) is 12.8 Å². The van der Waals surface area contributed by atoms with E-state index in [-0.39, 0.29) is 18.1 Å². The van der Waals surface area contributed by atoms with Crippen molar-refractivity contribution in [1.82, 2.24) is 25.8 Å². The van der Waals surface area contributed by atoms with Crippen molar-refractivity contribution in [3.63, 3.8) is 0 Å². The lowest BCUT2D eigenvalue weighted by molar-refractivity contribution is 0.227. The second kappa shape index (κ2) is 7.26. The molecule has 6 heteroatoms. The van der Waals surface area contributed by atoms with Gasteiger partial charge >= 0.3 is 6.03 Å². The van der Waals surface area contributed by atoms with E-state index in [0.29, 0.717) is 11.7 Å². The average Bonchev–Trinajstić information content (AvgIpc) is 3.26. The number of hydrogen-bond acceptors (Lipinski definition) is 3. The highest BCUT2D eigenvalue weighted by atomic mass is 16.2. The Morgan fingerprint density at radius 3 is 2.61 bits per heavy atom. The molecule has 1 aromatic heterocycles. The number of benzene rings is 1. The molecule has 0 spiro atoms. The molecule has 1 heterocycles. The van der Waals surface area contributed by atoms with Crippen molar-refractivity contribution in [2.24, 2.45) is 5.92 Å². The molecule has 0 unspecified atom stereocenters. The van der Waals surface area contributed by atoms with Crippen molar-refractivity contribution in [2.45, 2.75) is 44.7 Å². The van der Waals surface area contributed by atoms with Crippen LogP contribution in [0, 0.1) is 5.92 Å². The van der Waals surface area contributed by atoms with Gasteiger partial charge in [0.1, 0.15) is 12.2 Å². The number of carbonyl (C=O) groups excluding carboxylic acids is 1. The van der Waals surface area contributed by atoms with Gasteiger partial charge in [-0.15, -0.1) is 0 Å². The molecule has 6 nitrogen and oxygen atoms in total. The molecule has 2 atom stereocenters. The van der Waals surface area contributed by atoms with Crippen LogP contribution in [0.1, 0.15) is 56.1 Å². The lowest BCUT2D eigenvalue weighted by atomic mass is 9.92. The number of H-pyrrole nitrogens is 1. The maximum atomic E-state index is 12.4. The van der Waals surface area contributed by atoms with E-state index in [9.17, 15) is 4.79 Å². The first-order valence-electron chi connectivity index (χ1n) is 8.21. The zero-order valence-corrected chi connectivity index (χ0v) is 13.3. The van der Waals surface area contributed by atoms with Crippen molar-refractivity contribution in [2.75, 3.05) is 0 Å². The summed E-state index contributed by atoms with van der Waals surface area (Å²) in [6.07, 6.45) is 6.25. The number of aromatic amines is 1. The lowest BCUT2D eigenvalue weighted by Gasteiger charge is -2.26. The molecular weight excluding hydrogens is 290 g/mol. The minimum absolute atomic E-state index is 0.0561. The first kappa shape index (κ1) is 15.5. The summed E-state index contributed by atoms with van der Waals surface area (Å²) in [7, 11) is 0. The molecule has 23 heavy (non-hydrogen) atoms. The van der Waals surface area contributed by atoms with Crippen molar-refractivity contribution in [3.05, 3.63) is 48.0 Å². The van der Waals surface area contributed by atoms with E-state index in [4.69, 9.17) is 0 Å². The summed E-state index contributed by atoms with van der Waals surface area (Å²) in [6.45, 7) is 1.88. The quantitative estimate of drug-likeness (QED) is 0.793. The average molecular weight is 313 g/mol. The fraction of sp³-hybridized carbons (Fsp3) is 0.471. The fourth-order valence-corrected chi connectivity index (χ4v) is 3.30. The molecule has 122 valence electrons. The topological polar surface area (TPSA) is 82.7 Å². The molecule has 1 saturated carbocycles. The molecular formula is C17H23N5O. The minimum Gasteiger partial charge on any atom is -0.331 e. The highest BCUT2D eigenvalue weighted by molar-refractivity contribution is 5.74. The maximum Gasteiger partial charge on any atom is 0.315 e. The summed E-state index contributed by atoms with van der Waals surface area (Å²) in [5, 5.41) is 12.7. The molecule has 3 N–H and O–H groups in total. The molecule has 0 radical (unpaired) electrons. The molecule has 2 amide bonds. The van der Waals surface area contributed by atoms with Crippen LogP contribution in [0.15, 0.2) is 36.7 Å². The van der Waals surface area contributed by atoms with Gasteiger partial charge in [-0.25, -0.2) is 9.78 Å². The summed E-state index contributed by atoms with van der Waals surface area (Å²) < 4.78 is 0. The first-order chi connectivity index (χ1) is 11.2. The summed E-state index contributed by atoms with van der Waals surface area (Å²) in [5.41, 5.74) is 1.17. The second-order valence-electron chi connectivity index (χ2n) is 6.14. The number of nitrogens with zero attached hydrogens (tertiary/aromatic N) is 2. The van der Waals surface area contributed by atoms with Crippen LogP contribution in [0.3, 0.4) is 0 Å². The number of carbonyl (C=O) groups is 1.